The molecule has 2 rings (SSSR count). The molecular weight excluding hydrogens is 206 g/mol. The first-order valence-corrected chi connectivity index (χ1v) is 6.25. The zero-order valence-corrected chi connectivity index (χ0v) is 8.84. The largest absolute Gasteiger partial charge is 0.379 e. The summed E-state index contributed by atoms with van der Waals surface area (Å²) in [5.41, 5.74) is -0.867. The summed E-state index contributed by atoms with van der Waals surface area (Å²) >= 11 is 0. The van der Waals surface area contributed by atoms with Gasteiger partial charge in [0.15, 0.2) is 5.78 Å². The Kier molecular flexibility index (Phi) is 2.17. The van der Waals surface area contributed by atoms with Gasteiger partial charge in [-0.2, -0.15) is 4.31 Å². The number of ether oxygens (including phenoxy) is 1. The van der Waals surface area contributed by atoms with Crippen molar-refractivity contribution in [3.8, 4) is 0 Å². The fourth-order valence-electron chi connectivity index (χ4n) is 2.25. The third kappa shape index (κ3) is 1.14. The number of rotatable bonds is 1. The topological polar surface area (TPSA) is 63.7 Å². The molecule has 1 unspecified atom stereocenters. The summed E-state index contributed by atoms with van der Waals surface area (Å²) in [6, 6.07) is 0. The van der Waals surface area contributed by atoms with Gasteiger partial charge >= 0.3 is 0 Å². The average Bonchev–Trinajstić information content (AvgIpc) is 2.59. The molecule has 0 aromatic heterocycles. The van der Waals surface area contributed by atoms with Crippen molar-refractivity contribution >= 4 is 15.8 Å². The van der Waals surface area contributed by atoms with E-state index in [4.69, 9.17) is 4.74 Å². The van der Waals surface area contributed by atoms with Gasteiger partial charge in [-0.3, -0.25) is 4.79 Å². The van der Waals surface area contributed by atoms with Crippen LogP contribution in [-0.2, 0) is 19.6 Å². The minimum absolute atomic E-state index is 0.211. The quantitative estimate of drug-likeness (QED) is 0.589. The molecule has 0 saturated carbocycles. The number of Topliss-reactive ketones (excluding diaryl/α,β-unsaturated/α-hetero) is 1. The van der Waals surface area contributed by atoms with Crippen LogP contribution in [0.2, 0.25) is 0 Å². The van der Waals surface area contributed by atoms with Crippen LogP contribution in [0, 0.1) is 0 Å². The molecule has 0 amide bonds. The normalized spacial score (nSPS) is 37.1. The van der Waals surface area contributed by atoms with Crippen LogP contribution < -0.4 is 0 Å². The lowest BCUT2D eigenvalue weighted by Gasteiger charge is -2.28. The third-order valence-corrected chi connectivity index (χ3v) is 4.84. The summed E-state index contributed by atoms with van der Waals surface area (Å²) in [6.07, 6.45) is 0.499. The zero-order chi connectivity index (χ0) is 10.4. The highest BCUT2D eigenvalue weighted by atomic mass is 32.2. The first-order valence-electron chi connectivity index (χ1n) is 4.64. The SMILES string of the molecule is CCN1C2(CCOC2)C(=O)CS1(=O)=O. The van der Waals surface area contributed by atoms with E-state index in [0.717, 1.165) is 0 Å². The second-order valence-corrected chi connectivity index (χ2v) is 5.57. The van der Waals surface area contributed by atoms with Crippen molar-refractivity contribution in [1.29, 1.82) is 0 Å². The van der Waals surface area contributed by atoms with Gasteiger partial charge in [-0.15, -0.1) is 0 Å². The Bertz CT molecular complexity index is 356. The Morgan fingerprint density at radius 3 is 2.79 bits per heavy atom. The Morgan fingerprint density at radius 2 is 2.29 bits per heavy atom. The van der Waals surface area contributed by atoms with Crippen LogP contribution in [0.15, 0.2) is 0 Å². The van der Waals surface area contributed by atoms with Gasteiger partial charge in [-0.25, -0.2) is 8.42 Å². The van der Waals surface area contributed by atoms with Crippen molar-refractivity contribution < 1.29 is 17.9 Å². The Balaban J connectivity index is 2.45. The fraction of sp³-hybridized carbons (Fsp3) is 0.875. The highest BCUT2D eigenvalue weighted by Crippen LogP contribution is 2.35. The number of hydrogen-bond acceptors (Lipinski definition) is 4. The molecule has 6 heteroatoms. The first-order chi connectivity index (χ1) is 6.53. The molecular formula is C8H13NO4S. The summed E-state index contributed by atoms with van der Waals surface area (Å²) in [6.45, 7) is 2.78. The fourth-order valence-corrected chi connectivity index (χ4v) is 4.18. The lowest BCUT2D eigenvalue weighted by Crippen LogP contribution is -2.50. The number of nitrogens with zero attached hydrogens (tertiary/aromatic N) is 1. The number of carbonyl (C=O) groups excluding carboxylic acids is 1. The number of hydrogen-bond donors (Lipinski definition) is 0. The lowest BCUT2D eigenvalue weighted by molar-refractivity contribution is -0.124. The summed E-state index contributed by atoms with van der Waals surface area (Å²) in [5.74, 6) is -0.568. The van der Waals surface area contributed by atoms with Crippen molar-refractivity contribution in [3.05, 3.63) is 0 Å². The summed E-state index contributed by atoms with van der Waals surface area (Å²) < 4.78 is 29.7. The number of sulfonamides is 1. The minimum atomic E-state index is -3.37. The van der Waals surface area contributed by atoms with Crippen molar-refractivity contribution in [2.75, 3.05) is 25.5 Å². The van der Waals surface area contributed by atoms with Crippen LogP contribution in [0.25, 0.3) is 0 Å². The van der Waals surface area contributed by atoms with E-state index in [2.05, 4.69) is 0 Å². The van der Waals surface area contributed by atoms with E-state index in [9.17, 15) is 13.2 Å². The second-order valence-electron chi connectivity index (χ2n) is 3.68. The Morgan fingerprint density at radius 1 is 1.57 bits per heavy atom. The van der Waals surface area contributed by atoms with E-state index in [1.165, 1.54) is 4.31 Å². The molecule has 0 aromatic rings. The van der Waals surface area contributed by atoms with Crippen LogP contribution in [0.4, 0.5) is 0 Å². The van der Waals surface area contributed by atoms with Crippen molar-refractivity contribution in [1.82, 2.24) is 4.31 Å². The van der Waals surface area contributed by atoms with E-state index >= 15 is 0 Å². The van der Waals surface area contributed by atoms with E-state index in [1.807, 2.05) is 0 Å². The Hall–Kier alpha value is -0.460. The van der Waals surface area contributed by atoms with E-state index in [1.54, 1.807) is 6.92 Å². The highest BCUT2D eigenvalue weighted by Gasteiger charge is 2.57. The molecule has 0 radical (unpaired) electrons. The molecule has 0 aliphatic carbocycles. The molecule has 0 N–H and O–H groups in total. The second kappa shape index (κ2) is 3.01. The van der Waals surface area contributed by atoms with E-state index < -0.39 is 15.6 Å². The maximum Gasteiger partial charge on any atom is 0.222 e. The Labute approximate surface area is 83.1 Å². The van der Waals surface area contributed by atoms with Gasteiger partial charge in [0.25, 0.3) is 0 Å². The molecule has 80 valence electrons. The van der Waals surface area contributed by atoms with Gasteiger partial charge in [0, 0.05) is 13.2 Å². The molecule has 1 atom stereocenters. The summed E-state index contributed by atoms with van der Waals surface area (Å²) in [5, 5.41) is 0. The molecule has 2 saturated heterocycles. The van der Waals surface area contributed by atoms with Gasteiger partial charge in [-0.1, -0.05) is 6.92 Å². The molecule has 2 heterocycles. The number of likely N-dealkylation sites (N-methyl/N-ethyl adjacent to an activating group) is 1. The van der Waals surface area contributed by atoms with Crippen molar-refractivity contribution in [2.24, 2.45) is 0 Å². The zero-order valence-electron chi connectivity index (χ0n) is 8.02. The number of ketones is 1. The standard InChI is InChI=1S/C8H13NO4S/c1-2-9-8(3-4-13-6-8)7(10)5-14(9,11)12/h2-6H2,1H3. The molecule has 14 heavy (non-hydrogen) atoms. The molecule has 0 bridgehead atoms. The lowest BCUT2D eigenvalue weighted by atomic mass is 9.94. The predicted octanol–water partition coefficient (Wildman–Crippen LogP) is -0.620. The molecule has 2 fully saturated rings. The first kappa shape index (κ1) is 10.1. The monoisotopic (exact) mass is 219 g/mol. The van der Waals surface area contributed by atoms with Crippen LogP contribution in [0.3, 0.4) is 0 Å². The third-order valence-electron chi connectivity index (χ3n) is 2.93. The van der Waals surface area contributed by atoms with Gasteiger partial charge in [0.05, 0.1) is 6.61 Å². The van der Waals surface area contributed by atoms with Gasteiger partial charge < -0.3 is 4.74 Å². The van der Waals surface area contributed by atoms with Crippen molar-refractivity contribution in [2.45, 2.75) is 18.9 Å². The highest BCUT2D eigenvalue weighted by molar-refractivity contribution is 7.90. The predicted molar refractivity (Wildman–Crippen MR) is 49.3 cm³/mol. The van der Waals surface area contributed by atoms with Crippen LogP contribution in [0.1, 0.15) is 13.3 Å². The van der Waals surface area contributed by atoms with E-state index in [-0.39, 0.29) is 18.1 Å². The molecule has 0 aromatic carbocycles. The average molecular weight is 219 g/mol. The van der Waals surface area contributed by atoms with Crippen LogP contribution >= 0.6 is 0 Å². The maximum absolute atomic E-state index is 11.7. The van der Waals surface area contributed by atoms with Gasteiger partial charge in [-0.05, 0) is 6.42 Å². The van der Waals surface area contributed by atoms with Crippen LogP contribution in [0.5, 0.6) is 0 Å². The van der Waals surface area contributed by atoms with Gasteiger partial charge in [0.1, 0.15) is 11.3 Å². The van der Waals surface area contributed by atoms with E-state index in [0.29, 0.717) is 19.6 Å². The van der Waals surface area contributed by atoms with Crippen LogP contribution in [-0.4, -0.2) is 49.6 Å². The van der Waals surface area contributed by atoms with Crippen molar-refractivity contribution in [3.63, 3.8) is 0 Å². The molecule has 1 spiro atoms. The minimum Gasteiger partial charge on any atom is -0.379 e. The molecule has 2 aliphatic heterocycles. The molecule has 5 nitrogen and oxygen atoms in total. The molecule has 2 aliphatic rings. The van der Waals surface area contributed by atoms with Gasteiger partial charge in [0.2, 0.25) is 10.0 Å². The smallest absolute Gasteiger partial charge is 0.222 e. The summed E-state index contributed by atoms with van der Waals surface area (Å²) in [4.78, 5) is 11.7. The number of carbonyl (C=O) groups is 1. The summed E-state index contributed by atoms with van der Waals surface area (Å²) in [7, 11) is -3.37. The maximum atomic E-state index is 11.7.